The molecule has 4 aliphatic heterocycles. The first-order chi connectivity index (χ1) is 23.8. The van der Waals surface area contributed by atoms with Crippen LogP contribution in [-0.2, 0) is 28.5 Å². The van der Waals surface area contributed by atoms with Gasteiger partial charge in [-0.15, -0.1) is 0 Å². The highest BCUT2D eigenvalue weighted by molar-refractivity contribution is 6.11. The smallest absolute Gasteiger partial charge is 0.347 e. The molecule has 0 saturated carbocycles. The van der Waals surface area contributed by atoms with Gasteiger partial charge in [0, 0.05) is 18.1 Å². The average molecular weight is 698 g/mol. The predicted molar refractivity (Wildman–Crippen MR) is 174 cm³/mol. The molecule has 270 valence electrons. The maximum absolute atomic E-state index is 13.7. The number of esters is 2. The number of allylic oxidation sites excluding steroid dienone is 3. The predicted octanol–water partition coefficient (Wildman–Crippen LogP) is 2.33. The maximum Gasteiger partial charge on any atom is 0.347 e. The molecular weight excluding hydrogens is 654 g/mol. The molecular formula is C36H43NO13. The maximum atomic E-state index is 13.7. The molecule has 50 heavy (non-hydrogen) atoms. The van der Waals surface area contributed by atoms with Crippen molar-refractivity contribution in [3.63, 3.8) is 0 Å². The second kappa shape index (κ2) is 12.9. The van der Waals surface area contributed by atoms with E-state index in [-0.39, 0.29) is 29.4 Å². The summed E-state index contributed by atoms with van der Waals surface area (Å²) >= 11 is 0. The van der Waals surface area contributed by atoms with Crippen LogP contribution in [-0.4, -0.2) is 102 Å². The summed E-state index contributed by atoms with van der Waals surface area (Å²) in [5.41, 5.74) is 5.83. The Kier molecular flexibility index (Phi) is 8.96. The quantitative estimate of drug-likeness (QED) is 0.232. The van der Waals surface area contributed by atoms with Crippen molar-refractivity contribution in [2.75, 3.05) is 13.7 Å². The number of hydrogen-bond acceptors (Lipinski definition) is 14. The highest BCUT2D eigenvalue weighted by atomic mass is 16.7. The lowest BCUT2D eigenvalue weighted by Gasteiger charge is -2.50. The molecule has 12 atom stereocenters. The topological polar surface area (TPSA) is 195 Å². The lowest BCUT2D eigenvalue weighted by atomic mass is 9.72. The Labute approximate surface area is 288 Å². The molecule has 2 saturated heterocycles. The molecule has 0 spiro atoms. The summed E-state index contributed by atoms with van der Waals surface area (Å²) in [6.45, 7) is 8.64. The van der Waals surface area contributed by atoms with Gasteiger partial charge in [-0.3, -0.25) is 4.79 Å². The summed E-state index contributed by atoms with van der Waals surface area (Å²) in [4.78, 5) is 27.3. The Bertz CT molecular complexity index is 1770. The molecule has 14 nitrogen and oxygen atoms in total. The number of benzene rings is 2. The van der Waals surface area contributed by atoms with Crippen molar-refractivity contribution >= 4 is 22.7 Å². The molecule has 0 aromatic heterocycles. The Hall–Kier alpha value is -3.60. The molecule has 2 unspecified atom stereocenters. The molecule has 0 bridgehead atoms. The van der Waals surface area contributed by atoms with Crippen molar-refractivity contribution in [1.82, 2.24) is 0 Å². The first-order valence-electron chi connectivity index (χ1n) is 16.9. The zero-order valence-electron chi connectivity index (χ0n) is 28.7. The van der Waals surface area contributed by atoms with Gasteiger partial charge in [-0.2, -0.15) is 0 Å². The monoisotopic (exact) mass is 697 g/mol. The van der Waals surface area contributed by atoms with Gasteiger partial charge in [0.1, 0.15) is 52.5 Å². The lowest BCUT2D eigenvalue weighted by Crippen LogP contribution is -2.69. The van der Waals surface area contributed by atoms with E-state index in [4.69, 9.17) is 43.6 Å². The number of fused-ring (bicyclic) bond motifs is 2. The Morgan fingerprint density at radius 1 is 1.02 bits per heavy atom. The molecule has 14 heteroatoms. The van der Waals surface area contributed by atoms with Crippen molar-refractivity contribution in [2.45, 2.75) is 108 Å². The highest BCUT2D eigenvalue weighted by Gasteiger charge is 2.57. The van der Waals surface area contributed by atoms with Crippen molar-refractivity contribution in [3.05, 3.63) is 52.8 Å². The third kappa shape index (κ3) is 5.32. The second-order valence-corrected chi connectivity index (χ2v) is 13.8. The number of carbonyl (C=O) groups is 2. The molecule has 0 amide bonds. The summed E-state index contributed by atoms with van der Waals surface area (Å²) in [5.74, 6) is -1.64. The number of rotatable bonds is 8. The summed E-state index contributed by atoms with van der Waals surface area (Å²) in [6, 6.07) is 4.04. The van der Waals surface area contributed by atoms with E-state index in [0.717, 1.165) is 5.57 Å². The minimum absolute atomic E-state index is 0.120. The van der Waals surface area contributed by atoms with Crippen LogP contribution in [0.1, 0.15) is 62.9 Å². The summed E-state index contributed by atoms with van der Waals surface area (Å²) in [5, 5.41) is 34.2. The summed E-state index contributed by atoms with van der Waals surface area (Å²) in [6.07, 6.45) is -4.92. The van der Waals surface area contributed by atoms with Crippen LogP contribution < -0.4 is 19.9 Å². The fraction of sp³-hybridized carbons (Fsp3) is 0.556. The Morgan fingerprint density at radius 2 is 1.76 bits per heavy atom. The molecule has 4 heterocycles. The van der Waals surface area contributed by atoms with Crippen molar-refractivity contribution in [2.24, 2.45) is 11.7 Å². The number of ether oxygens (including phenoxy) is 8. The zero-order valence-corrected chi connectivity index (χ0v) is 28.7. The van der Waals surface area contributed by atoms with Gasteiger partial charge >= 0.3 is 11.9 Å². The van der Waals surface area contributed by atoms with Gasteiger partial charge in [-0.25, -0.2) is 4.79 Å². The van der Waals surface area contributed by atoms with Gasteiger partial charge in [0.2, 0.25) is 6.29 Å². The van der Waals surface area contributed by atoms with E-state index in [2.05, 4.69) is 0 Å². The number of hydrogen-bond donors (Lipinski definition) is 4. The molecule has 2 aromatic rings. The molecule has 2 fully saturated rings. The van der Waals surface area contributed by atoms with E-state index in [0.29, 0.717) is 28.5 Å². The van der Waals surface area contributed by atoms with Gasteiger partial charge in [-0.1, -0.05) is 30.7 Å². The van der Waals surface area contributed by atoms with Crippen LogP contribution in [0.3, 0.4) is 0 Å². The van der Waals surface area contributed by atoms with E-state index in [9.17, 15) is 24.9 Å². The molecule has 5 N–H and O–H groups in total. The van der Waals surface area contributed by atoms with Crippen LogP contribution in [0.15, 0.2) is 41.7 Å². The van der Waals surface area contributed by atoms with E-state index in [1.165, 1.54) is 14.0 Å². The molecule has 5 aliphatic rings. The standard InChI is InChI=1S/C36H43NO13/c1-7-13-44-27-17-9-8-10-18(21(17)28-23-22-19(47-33(41)24(23)27)12-11-14(2)20(22)32(40)49-28)48-35-31(36(5,42)30(39)16(4)46-35)50-34-25(37)29(43-6)26(38)15(3)45-34/h8-12,15-16,20,22,25-26,29-31,34-35,38-39,42H,7,13,37H2,1-6H3/t15-,16-,20?,22?,25-,26+,29-,30+,31+,34-,35+,36+/m1/s1. The minimum Gasteiger partial charge on any atom is -0.492 e. The number of aliphatic hydroxyl groups excluding tert-OH is 2. The van der Waals surface area contributed by atoms with Crippen LogP contribution in [0, 0.1) is 5.92 Å². The molecule has 2 aromatic carbocycles. The van der Waals surface area contributed by atoms with Crippen molar-refractivity contribution < 1.29 is 62.8 Å². The van der Waals surface area contributed by atoms with Gasteiger partial charge in [-0.05, 0) is 46.3 Å². The fourth-order valence-electron chi connectivity index (χ4n) is 7.71. The Balaban J connectivity index is 1.36. The van der Waals surface area contributed by atoms with Gasteiger partial charge in [0.05, 0.1) is 42.1 Å². The van der Waals surface area contributed by atoms with Crippen molar-refractivity contribution in [3.8, 4) is 17.2 Å². The van der Waals surface area contributed by atoms with Crippen LogP contribution in [0.4, 0.5) is 0 Å². The molecule has 7 rings (SSSR count). The van der Waals surface area contributed by atoms with E-state index >= 15 is 0 Å². The largest absolute Gasteiger partial charge is 0.492 e. The van der Waals surface area contributed by atoms with Gasteiger partial charge < -0.3 is 58.9 Å². The van der Waals surface area contributed by atoms with Gasteiger partial charge in [0.25, 0.3) is 0 Å². The van der Waals surface area contributed by atoms with Crippen LogP contribution in [0.2, 0.25) is 0 Å². The lowest BCUT2D eigenvalue weighted by molar-refractivity contribution is -0.356. The third-order valence-corrected chi connectivity index (χ3v) is 10.4. The molecule has 0 radical (unpaired) electrons. The van der Waals surface area contributed by atoms with Crippen molar-refractivity contribution in [1.29, 1.82) is 0 Å². The number of nitrogens with two attached hydrogens (primary N) is 1. The third-order valence-electron chi connectivity index (χ3n) is 10.4. The summed E-state index contributed by atoms with van der Waals surface area (Å²) in [7, 11) is 1.41. The zero-order chi connectivity index (χ0) is 35.8. The first-order valence-corrected chi connectivity index (χ1v) is 16.9. The number of methoxy groups -OCH3 is 1. The van der Waals surface area contributed by atoms with E-state index < -0.39 is 84.6 Å². The minimum atomic E-state index is -1.96. The fourth-order valence-corrected chi connectivity index (χ4v) is 7.71. The summed E-state index contributed by atoms with van der Waals surface area (Å²) < 4.78 is 48.4. The van der Waals surface area contributed by atoms with Crippen LogP contribution in [0.25, 0.3) is 10.8 Å². The van der Waals surface area contributed by atoms with Crippen LogP contribution in [0.5, 0.6) is 17.2 Å². The average Bonchev–Trinajstić information content (AvgIpc) is 3.07. The first kappa shape index (κ1) is 34.8. The SMILES string of the molecule is CCCOc1c2c3c(c4c(O[C@@H]5O[C@H](C)[C@H](O)[C@](C)(O)[C@H]5O[C@H]5O[C@H](C)[C@H](O)[C@H](OC)[C@H]5N)cccc14)OC(=O)C1C(C)=CC=C(OC2=O)C31. The van der Waals surface area contributed by atoms with E-state index in [1.54, 1.807) is 44.2 Å². The molecule has 1 aliphatic carbocycles. The van der Waals surface area contributed by atoms with E-state index in [1.807, 2.05) is 13.8 Å². The number of carbonyl (C=O) groups excluding carboxylic acids is 2. The number of aliphatic hydroxyl groups is 3. The Morgan fingerprint density at radius 3 is 2.48 bits per heavy atom. The second-order valence-electron chi connectivity index (χ2n) is 13.8. The highest BCUT2D eigenvalue weighted by Crippen LogP contribution is 2.57. The van der Waals surface area contributed by atoms with Gasteiger partial charge in [0.15, 0.2) is 12.4 Å². The van der Waals surface area contributed by atoms with Crippen LogP contribution >= 0.6 is 0 Å². The normalized spacial score (nSPS) is 37.7.